The fourth-order valence-corrected chi connectivity index (χ4v) is 1.60. The van der Waals surface area contributed by atoms with E-state index in [0.717, 1.165) is 11.4 Å². The van der Waals surface area contributed by atoms with Crippen LogP contribution in [0.25, 0.3) is 5.69 Å². The second-order valence-electron chi connectivity index (χ2n) is 3.83. The summed E-state index contributed by atoms with van der Waals surface area (Å²) in [6.07, 6.45) is 1.84. The molecule has 0 unspecified atom stereocenters. The van der Waals surface area contributed by atoms with E-state index < -0.39 is 0 Å². The third-order valence-electron chi connectivity index (χ3n) is 2.51. The van der Waals surface area contributed by atoms with E-state index in [4.69, 9.17) is 9.47 Å². The Hall–Kier alpha value is -2.37. The maximum atomic E-state index is 11.3. The fourth-order valence-electron chi connectivity index (χ4n) is 1.60. The molecule has 0 aliphatic heterocycles. The number of aromatic nitrogens is 3. The Labute approximate surface area is 110 Å². The monoisotopic (exact) mass is 261 g/mol. The minimum Gasteiger partial charge on any atom is -0.497 e. The highest BCUT2D eigenvalue weighted by atomic mass is 16.5. The van der Waals surface area contributed by atoms with Crippen molar-refractivity contribution in [2.24, 2.45) is 0 Å². The second-order valence-corrected chi connectivity index (χ2v) is 3.83. The van der Waals surface area contributed by atoms with Crippen molar-refractivity contribution in [2.45, 2.75) is 13.3 Å². The van der Waals surface area contributed by atoms with Gasteiger partial charge in [0.05, 0.1) is 37.7 Å². The minimum absolute atomic E-state index is 0.129. The van der Waals surface area contributed by atoms with E-state index >= 15 is 0 Å². The molecule has 2 aromatic rings. The molecule has 1 heterocycles. The van der Waals surface area contributed by atoms with Crippen molar-refractivity contribution in [1.29, 1.82) is 0 Å². The van der Waals surface area contributed by atoms with Crippen LogP contribution in [0, 0.1) is 0 Å². The molecular weight excluding hydrogens is 246 g/mol. The number of carbonyl (C=O) groups excluding carboxylic acids is 1. The molecular formula is C13H15N3O3. The highest BCUT2D eigenvalue weighted by Gasteiger charge is 2.08. The Balaban J connectivity index is 2.09. The average molecular weight is 261 g/mol. The number of methoxy groups -OCH3 is 1. The SMILES string of the molecule is CCOC(=O)Cc1cn(-c2ccc(OC)cc2)nn1. The number of hydrogen-bond acceptors (Lipinski definition) is 5. The Morgan fingerprint density at radius 1 is 1.32 bits per heavy atom. The molecule has 0 fully saturated rings. The topological polar surface area (TPSA) is 66.2 Å². The quantitative estimate of drug-likeness (QED) is 0.761. The van der Waals surface area contributed by atoms with Gasteiger partial charge in [0, 0.05) is 0 Å². The lowest BCUT2D eigenvalue weighted by atomic mass is 10.3. The molecule has 2 rings (SSSR count). The second kappa shape index (κ2) is 5.99. The summed E-state index contributed by atoms with van der Waals surface area (Å²) >= 11 is 0. The molecule has 0 saturated carbocycles. The third kappa shape index (κ3) is 3.31. The summed E-state index contributed by atoms with van der Waals surface area (Å²) in [6.45, 7) is 2.14. The molecule has 0 amide bonds. The molecule has 6 heteroatoms. The van der Waals surface area contributed by atoms with Crippen LogP contribution in [0.5, 0.6) is 5.75 Å². The number of ether oxygens (including phenoxy) is 2. The molecule has 0 saturated heterocycles. The molecule has 19 heavy (non-hydrogen) atoms. The summed E-state index contributed by atoms with van der Waals surface area (Å²) in [7, 11) is 1.61. The normalized spacial score (nSPS) is 10.2. The Morgan fingerprint density at radius 3 is 2.68 bits per heavy atom. The van der Waals surface area contributed by atoms with Crippen molar-refractivity contribution < 1.29 is 14.3 Å². The number of esters is 1. The lowest BCUT2D eigenvalue weighted by molar-refractivity contribution is -0.142. The zero-order valence-electron chi connectivity index (χ0n) is 10.9. The number of hydrogen-bond donors (Lipinski definition) is 0. The number of benzene rings is 1. The van der Waals surface area contributed by atoms with Gasteiger partial charge in [0.15, 0.2) is 0 Å². The zero-order chi connectivity index (χ0) is 13.7. The summed E-state index contributed by atoms with van der Waals surface area (Å²) < 4.78 is 11.5. The van der Waals surface area contributed by atoms with Gasteiger partial charge in [-0.1, -0.05) is 5.21 Å². The van der Waals surface area contributed by atoms with Gasteiger partial charge in [-0.15, -0.1) is 5.10 Å². The highest BCUT2D eigenvalue weighted by molar-refractivity contribution is 5.71. The van der Waals surface area contributed by atoms with Gasteiger partial charge in [-0.25, -0.2) is 4.68 Å². The van der Waals surface area contributed by atoms with Crippen LogP contribution in [-0.2, 0) is 16.0 Å². The molecule has 0 aliphatic carbocycles. The Bertz CT molecular complexity index is 549. The minimum atomic E-state index is -0.302. The van der Waals surface area contributed by atoms with Gasteiger partial charge in [-0.05, 0) is 31.2 Å². The first kappa shape index (κ1) is 13.1. The molecule has 0 radical (unpaired) electrons. The molecule has 0 aliphatic rings. The van der Waals surface area contributed by atoms with Crippen LogP contribution < -0.4 is 4.74 Å². The molecule has 0 atom stereocenters. The fraction of sp³-hybridized carbons (Fsp3) is 0.308. The van der Waals surface area contributed by atoms with E-state index in [0.29, 0.717) is 12.3 Å². The van der Waals surface area contributed by atoms with Crippen LogP contribution in [0.15, 0.2) is 30.5 Å². The summed E-state index contributed by atoms with van der Waals surface area (Å²) in [5, 5.41) is 7.91. The van der Waals surface area contributed by atoms with Crippen LogP contribution in [0.4, 0.5) is 0 Å². The van der Waals surface area contributed by atoms with Gasteiger partial charge in [0.2, 0.25) is 0 Å². The molecule has 0 N–H and O–H groups in total. The van der Waals surface area contributed by atoms with Crippen molar-refractivity contribution in [1.82, 2.24) is 15.0 Å². The summed E-state index contributed by atoms with van der Waals surface area (Å²) in [6, 6.07) is 7.40. The average Bonchev–Trinajstić information content (AvgIpc) is 2.87. The lowest BCUT2D eigenvalue weighted by Gasteiger charge is -2.02. The largest absolute Gasteiger partial charge is 0.497 e. The first-order chi connectivity index (χ1) is 9.22. The molecule has 100 valence electrons. The van der Waals surface area contributed by atoms with E-state index in [-0.39, 0.29) is 12.4 Å². The van der Waals surface area contributed by atoms with Gasteiger partial charge >= 0.3 is 5.97 Å². The van der Waals surface area contributed by atoms with Crippen LogP contribution in [0.2, 0.25) is 0 Å². The molecule has 6 nitrogen and oxygen atoms in total. The van der Waals surface area contributed by atoms with Crippen molar-refractivity contribution in [3.05, 3.63) is 36.2 Å². The Morgan fingerprint density at radius 2 is 2.05 bits per heavy atom. The van der Waals surface area contributed by atoms with E-state index in [1.807, 2.05) is 24.3 Å². The Kier molecular flexibility index (Phi) is 4.12. The predicted octanol–water partition coefficient (Wildman–Crippen LogP) is 1.38. The molecule has 0 spiro atoms. The lowest BCUT2D eigenvalue weighted by Crippen LogP contribution is -2.07. The standard InChI is InChI=1S/C13H15N3O3/c1-3-19-13(17)8-10-9-16(15-14-10)11-4-6-12(18-2)7-5-11/h4-7,9H,3,8H2,1-2H3. The van der Waals surface area contributed by atoms with E-state index in [9.17, 15) is 4.79 Å². The van der Waals surface area contributed by atoms with E-state index in [1.54, 1.807) is 24.9 Å². The van der Waals surface area contributed by atoms with Crippen molar-refractivity contribution in [3.8, 4) is 11.4 Å². The maximum Gasteiger partial charge on any atom is 0.311 e. The number of carbonyl (C=O) groups is 1. The predicted molar refractivity (Wildman–Crippen MR) is 68.2 cm³/mol. The summed E-state index contributed by atoms with van der Waals surface area (Å²) in [5.74, 6) is 0.472. The molecule has 0 bridgehead atoms. The van der Waals surface area contributed by atoms with Crippen LogP contribution in [0.1, 0.15) is 12.6 Å². The van der Waals surface area contributed by atoms with E-state index in [1.165, 1.54) is 0 Å². The van der Waals surface area contributed by atoms with Gasteiger partial charge in [0.25, 0.3) is 0 Å². The maximum absolute atomic E-state index is 11.3. The van der Waals surface area contributed by atoms with Crippen LogP contribution in [0.3, 0.4) is 0 Å². The molecule has 1 aromatic heterocycles. The van der Waals surface area contributed by atoms with Gasteiger partial charge < -0.3 is 9.47 Å². The summed E-state index contributed by atoms with van der Waals surface area (Å²) in [4.78, 5) is 11.3. The van der Waals surface area contributed by atoms with Crippen molar-refractivity contribution in [3.63, 3.8) is 0 Å². The highest BCUT2D eigenvalue weighted by Crippen LogP contribution is 2.14. The third-order valence-corrected chi connectivity index (χ3v) is 2.51. The van der Waals surface area contributed by atoms with Gasteiger partial charge in [-0.3, -0.25) is 4.79 Å². The van der Waals surface area contributed by atoms with E-state index in [2.05, 4.69) is 10.3 Å². The van der Waals surface area contributed by atoms with Crippen molar-refractivity contribution >= 4 is 5.97 Å². The van der Waals surface area contributed by atoms with Crippen LogP contribution >= 0.6 is 0 Å². The zero-order valence-corrected chi connectivity index (χ0v) is 10.9. The smallest absolute Gasteiger partial charge is 0.311 e. The first-order valence-electron chi connectivity index (χ1n) is 5.94. The molecule has 1 aromatic carbocycles. The van der Waals surface area contributed by atoms with Gasteiger partial charge in [-0.2, -0.15) is 0 Å². The van der Waals surface area contributed by atoms with Crippen LogP contribution in [-0.4, -0.2) is 34.7 Å². The number of rotatable bonds is 5. The van der Waals surface area contributed by atoms with Crippen molar-refractivity contribution in [2.75, 3.05) is 13.7 Å². The number of nitrogens with zero attached hydrogens (tertiary/aromatic N) is 3. The van der Waals surface area contributed by atoms with Gasteiger partial charge in [0.1, 0.15) is 5.75 Å². The summed E-state index contributed by atoms with van der Waals surface area (Å²) in [5.41, 5.74) is 1.43. The first-order valence-corrected chi connectivity index (χ1v) is 5.94.